The topological polar surface area (TPSA) is 99.2 Å². The van der Waals surface area contributed by atoms with Gasteiger partial charge in [-0.25, -0.2) is 0 Å². The van der Waals surface area contributed by atoms with Gasteiger partial charge in [0.2, 0.25) is 5.91 Å². The van der Waals surface area contributed by atoms with E-state index in [9.17, 15) is 19.5 Å². The van der Waals surface area contributed by atoms with Crippen LogP contribution < -0.4 is 10.1 Å². The number of likely N-dealkylation sites (N-methyl/N-ethyl adjacent to an activating group) is 1. The predicted molar refractivity (Wildman–Crippen MR) is 123 cm³/mol. The molecule has 5 aliphatic rings. The lowest BCUT2D eigenvalue weighted by molar-refractivity contribution is -0.136. The van der Waals surface area contributed by atoms with Gasteiger partial charge in [0.1, 0.15) is 6.10 Å². The maximum absolute atomic E-state index is 12.0. The van der Waals surface area contributed by atoms with Crippen molar-refractivity contribution in [1.82, 2.24) is 15.1 Å². The summed E-state index contributed by atoms with van der Waals surface area (Å²) in [6, 6.07) is 2.14. The van der Waals surface area contributed by atoms with Gasteiger partial charge in [0.05, 0.1) is 6.04 Å². The van der Waals surface area contributed by atoms with Gasteiger partial charge in [0.15, 0.2) is 11.5 Å². The van der Waals surface area contributed by atoms with E-state index in [-0.39, 0.29) is 41.0 Å². The summed E-state index contributed by atoms with van der Waals surface area (Å²) < 4.78 is 6.54. The van der Waals surface area contributed by atoms with Gasteiger partial charge in [0.25, 0.3) is 11.8 Å². The SMILES string of the molecule is CC(=O)N[C@H]1CCC2[C@H]3Cc4c(CCCN5C(=O)C=CC5=O)cc(O)c5c4[C@@]2(CCN3C)[C@H]1O5. The number of piperidine rings is 1. The molecule has 8 nitrogen and oxygen atoms in total. The molecule has 2 aliphatic carbocycles. The Morgan fingerprint density at radius 2 is 2.03 bits per heavy atom. The van der Waals surface area contributed by atoms with E-state index in [1.165, 1.54) is 22.6 Å². The van der Waals surface area contributed by atoms with Crippen molar-refractivity contribution in [3.63, 3.8) is 0 Å². The van der Waals surface area contributed by atoms with Crippen LogP contribution in [0.25, 0.3) is 0 Å². The van der Waals surface area contributed by atoms with Gasteiger partial charge in [0, 0.05) is 42.6 Å². The minimum atomic E-state index is -0.261. The van der Waals surface area contributed by atoms with Crippen molar-refractivity contribution in [2.24, 2.45) is 5.92 Å². The number of rotatable bonds is 5. The van der Waals surface area contributed by atoms with Crippen LogP contribution in [0, 0.1) is 5.92 Å². The Morgan fingerprint density at radius 1 is 1.26 bits per heavy atom. The van der Waals surface area contributed by atoms with Crippen LogP contribution in [0.15, 0.2) is 18.2 Å². The summed E-state index contributed by atoms with van der Waals surface area (Å²) in [5.41, 5.74) is 3.28. The van der Waals surface area contributed by atoms with Gasteiger partial charge in [-0.15, -0.1) is 0 Å². The number of aryl methyl sites for hydroxylation is 1. The van der Waals surface area contributed by atoms with Crippen molar-refractivity contribution in [1.29, 1.82) is 0 Å². The fourth-order valence-electron chi connectivity index (χ4n) is 7.61. The van der Waals surface area contributed by atoms with Gasteiger partial charge in [-0.05, 0) is 75.2 Å². The maximum Gasteiger partial charge on any atom is 0.253 e. The summed E-state index contributed by atoms with van der Waals surface area (Å²) in [4.78, 5) is 39.6. The van der Waals surface area contributed by atoms with Crippen LogP contribution in [0.5, 0.6) is 11.5 Å². The number of ether oxygens (including phenoxy) is 1. The molecule has 2 fully saturated rings. The summed E-state index contributed by atoms with van der Waals surface area (Å²) in [6.07, 6.45) is 7.52. The Labute approximate surface area is 198 Å². The number of likely N-dealkylation sites (tertiary alicyclic amines) is 1. The third kappa shape index (κ3) is 2.90. The predicted octanol–water partition coefficient (Wildman–Crippen LogP) is 1.42. The van der Waals surface area contributed by atoms with E-state index < -0.39 is 0 Å². The second-order valence-electron chi connectivity index (χ2n) is 10.6. The first kappa shape index (κ1) is 21.6. The zero-order valence-corrected chi connectivity index (χ0v) is 19.7. The number of phenolic OH excluding ortho intramolecular Hbond substituents is 1. The number of hydrogen-bond donors (Lipinski definition) is 2. The molecule has 2 bridgehead atoms. The molecule has 34 heavy (non-hydrogen) atoms. The Hall–Kier alpha value is -2.87. The third-order valence-electron chi connectivity index (χ3n) is 8.93. The normalized spacial score (nSPS) is 33.2. The number of amides is 3. The molecule has 1 spiro atoms. The van der Waals surface area contributed by atoms with Crippen molar-refractivity contribution >= 4 is 17.7 Å². The number of imide groups is 1. The molecule has 1 saturated heterocycles. The first-order valence-electron chi connectivity index (χ1n) is 12.4. The minimum absolute atomic E-state index is 0.0506. The van der Waals surface area contributed by atoms with Crippen LogP contribution in [0.3, 0.4) is 0 Å². The van der Waals surface area contributed by atoms with Gasteiger partial charge in [-0.3, -0.25) is 19.3 Å². The van der Waals surface area contributed by atoms with Crippen LogP contribution in [0.2, 0.25) is 0 Å². The number of nitrogens with one attached hydrogen (secondary N) is 1. The number of phenols is 1. The second kappa shape index (κ2) is 7.57. The fourth-order valence-corrected chi connectivity index (χ4v) is 7.61. The van der Waals surface area contributed by atoms with E-state index in [4.69, 9.17) is 4.74 Å². The van der Waals surface area contributed by atoms with E-state index in [1.54, 1.807) is 6.92 Å². The lowest BCUT2D eigenvalue weighted by atomic mass is 9.50. The summed E-state index contributed by atoms with van der Waals surface area (Å²) >= 11 is 0. The largest absolute Gasteiger partial charge is 0.504 e. The molecule has 3 aliphatic heterocycles. The lowest BCUT2D eigenvalue weighted by Gasteiger charge is -2.59. The van der Waals surface area contributed by atoms with E-state index in [1.807, 2.05) is 6.07 Å². The smallest absolute Gasteiger partial charge is 0.253 e. The molecular formula is C26H31N3O5. The number of benzene rings is 1. The van der Waals surface area contributed by atoms with Crippen molar-refractivity contribution in [3.05, 3.63) is 34.9 Å². The zero-order chi connectivity index (χ0) is 23.8. The highest BCUT2D eigenvalue weighted by molar-refractivity contribution is 6.12. The number of nitrogens with zero attached hydrogens (tertiary/aromatic N) is 2. The average molecular weight is 466 g/mol. The number of carbonyl (C=O) groups excluding carboxylic acids is 3. The molecule has 1 aromatic rings. The van der Waals surface area contributed by atoms with Crippen molar-refractivity contribution in [2.75, 3.05) is 20.1 Å². The number of carbonyl (C=O) groups is 3. The monoisotopic (exact) mass is 465 g/mol. The summed E-state index contributed by atoms with van der Waals surface area (Å²) in [5, 5.41) is 14.2. The molecule has 6 rings (SSSR count). The number of aromatic hydroxyl groups is 1. The van der Waals surface area contributed by atoms with Gasteiger partial charge in [-0.2, -0.15) is 0 Å². The highest BCUT2D eigenvalue weighted by Crippen LogP contribution is 2.64. The van der Waals surface area contributed by atoms with Crippen LogP contribution >= 0.6 is 0 Å². The standard InChI is InChI=1S/C26H31N3O5/c1-14(30)27-18-6-5-17-19-13-16-15(4-3-10-29-21(32)7-8-22(29)33)12-20(31)24-23(16)26(17,25(18)34-24)9-11-28(19)2/h7-8,12,17-19,25,31H,3-6,9-11,13H2,1-2H3,(H,27,30)/t17?,18-,19+,25-,26-/m0/s1. The van der Waals surface area contributed by atoms with Crippen LogP contribution in [-0.2, 0) is 32.6 Å². The first-order chi connectivity index (χ1) is 16.3. The summed E-state index contributed by atoms with van der Waals surface area (Å²) in [6.45, 7) is 2.88. The lowest BCUT2D eigenvalue weighted by Crippen LogP contribution is -2.68. The molecule has 8 heteroatoms. The van der Waals surface area contributed by atoms with Crippen LogP contribution in [0.4, 0.5) is 0 Å². The van der Waals surface area contributed by atoms with E-state index in [0.29, 0.717) is 37.1 Å². The maximum atomic E-state index is 12.0. The summed E-state index contributed by atoms with van der Waals surface area (Å²) in [5.74, 6) is 0.612. The van der Waals surface area contributed by atoms with Crippen molar-refractivity contribution < 1.29 is 24.2 Å². The Balaban J connectivity index is 1.37. The molecule has 5 atom stereocenters. The summed E-state index contributed by atoms with van der Waals surface area (Å²) in [7, 11) is 2.20. The quantitative estimate of drug-likeness (QED) is 0.639. The van der Waals surface area contributed by atoms with E-state index in [0.717, 1.165) is 43.4 Å². The molecule has 3 amide bonds. The number of hydrogen-bond acceptors (Lipinski definition) is 6. The second-order valence-corrected chi connectivity index (χ2v) is 10.6. The van der Waals surface area contributed by atoms with Gasteiger partial charge in [-0.1, -0.05) is 0 Å². The Bertz CT molecular complexity index is 1110. The molecular weight excluding hydrogens is 434 g/mol. The molecule has 180 valence electrons. The van der Waals surface area contributed by atoms with Gasteiger partial charge >= 0.3 is 0 Å². The molecule has 1 saturated carbocycles. The Morgan fingerprint density at radius 3 is 2.76 bits per heavy atom. The average Bonchev–Trinajstić information content (AvgIpc) is 3.31. The molecule has 0 aromatic heterocycles. The van der Waals surface area contributed by atoms with Crippen LogP contribution in [-0.4, -0.2) is 71.0 Å². The fraction of sp³-hybridized carbons (Fsp3) is 0.577. The van der Waals surface area contributed by atoms with E-state index in [2.05, 4.69) is 17.3 Å². The molecule has 1 aromatic carbocycles. The zero-order valence-electron chi connectivity index (χ0n) is 19.7. The molecule has 3 heterocycles. The molecule has 0 radical (unpaired) electrons. The molecule has 1 unspecified atom stereocenters. The highest BCUT2D eigenvalue weighted by atomic mass is 16.5. The van der Waals surface area contributed by atoms with Crippen molar-refractivity contribution in [2.45, 2.75) is 69.1 Å². The van der Waals surface area contributed by atoms with Crippen molar-refractivity contribution in [3.8, 4) is 11.5 Å². The third-order valence-corrected chi connectivity index (χ3v) is 8.93. The molecule has 2 N–H and O–H groups in total. The van der Waals surface area contributed by atoms with Crippen LogP contribution in [0.1, 0.15) is 49.3 Å². The first-order valence-corrected chi connectivity index (χ1v) is 12.4. The Kier molecular flexibility index (Phi) is 4.82. The van der Waals surface area contributed by atoms with E-state index >= 15 is 0 Å². The van der Waals surface area contributed by atoms with Gasteiger partial charge < -0.3 is 20.1 Å². The minimum Gasteiger partial charge on any atom is -0.504 e. The highest BCUT2D eigenvalue weighted by Gasteiger charge is 2.65.